The van der Waals surface area contributed by atoms with E-state index in [0.29, 0.717) is 21.0 Å². The third-order valence-corrected chi connectivity index (χ3v) is 2.42. The molecule has 1 heterocycles. The van der Waals surface area contributed by atoms with E-state index in [-0.39, 0.29) is 5.43 Å². The SMILES string of the molecule is O=c1ccoc2cc(Cl)c(Cl)cc12. The van der Waals surface area contributed by atoms with E-state index in [1.165, 1.54) is 24.5 Å². The van der Waals surface area contributed by atoms with E-state index in [2.05, 4.69) is 0 Å². The van der Waals surface area contributed by atoms with Gasteiger partial charge in [0, 0.05) is 12.1 Å². The van der Waals surface area contributed by atoms with Crippen molar-refractivity contribution in [1.82, 2.24) is 0 Å². The van der Waals surface area contributed by atoms with Gasteiger partial charge in [0.1, 0.15) is 5.58 Å². The monoisotopic (exact) mass is 214 g/mol. The van der Waals surface area contributed by atoms with Gasteiger partial charge in [0.2, 0.25) is 0 Å². The van der Waals surface area contributed by atoms with Crippen molar-refractivity contribution in [3.8, 4) is 0 Å². The summed E-state index contributed by atoms with van der Waals surface area (Å²) in [5.74, 6) is 0. The molecule has 0 fully saturated rings. The molecule has 0 amide bonds. The molecule has 0 radical (unpaired) electrons. The lowest BCUT2D eigenvalue weighted by molar-refractivity contribution is 0.602. The molecule has 4 heteroatoms. The van der Waals surface area contributed by atoms with Crippen molar-refractivity contribution < 1.29 is 4.42 Å². The first kappa shape index (κ1) is 8.60. The molecule has 1 aromatic heterocycles. The molecular weight excluding hydrogens is 211 g/mol. The van der Waals surface area contributed by atoms with Gasteiger partial charge in [0.05, 0.1) is 21.7 Å². The van der Waals surface area contributed by atoms with Gasteiger partial charge in [-0.15, -0.1) is 0 Å². The second-order valence-corrected chi connectivity index (χ2v) is 3.36. The number of hydrogen-bond donors (Lipinski definition) is 0. The standard InChI is InChI=1S/C9H4Cl2O2/c10-6-3-5-8(12)1-2-13-9(5)4-7(6)11/h1-4H. The first-order valence-corrected chi connectivity index (χ1v) is 4.30. The maximum Gasteiger partial charge on any atom is 0.192 e. The Balaban J connectivity index is 2.97. The topological polar surface area (TPSA) is 30.2 Å². The molecule has 0 saturated heterocycles. The molecule has 66 valence electrons. The van der Waals surface area contributed by atoms with Crippen molar-refractivity contribution in [1.29, 1.82) is 0 Å². The molecule has 1 aromatic carbocycles. The Morgan fingerprint density at radius 2 is 1.85 bits per heavy atom. The van der Waals surface area contributed by atoms with Crippen LogP contribution in [0.3, 0.4) is 0 Å². The second-order valence-electron chi connectivity index (χ2n) is 2.55. The maximum absolute atomic E-state index is 11.3. The minimum atomic E-state index is -0.125. The van der Waals surface area contributed by atoms with Crippen molar-refractivity contribution >= 4 is 34.2 Å². The molecule has 0 aliphatic rings. The van der Waals surface area contributed by atoms with E-state index in [4.69, 9.17) is 27.6 Å². The highest BCUT2D eigenvalue weighted by molar-refractivity contribution is 6.42. The molecule has 2 aromatic rings. The molecule has 0 aliphatic heterocycles. The average molecular weight is 215 g/mol. The Labute approximate surface area is 83.7 Å². The fourth-order valence-electron chi connectivity index (χ4n) is 1.08. The van der Waals surface area contributed by atoms with Gasteiger partial charge in [-0.2, -0.15) is 0 Å². The first-order chi connectivity index (χ1) is 6.18. The lowest BCUT2D eigenvalue weighted by Gasteiger charge is -1.97. The summed E-state index contributed by atoms with van der Waals surface area (Å²) in [6, 6.07) is 4.37. The summed E-state index contributed by atoms with van der Waals surface area (Å²) < 4.78 is 5.09. The van der Waals surface area contributed by atoms with Crippen LogP contribution in [0.2, 0.25) is 10.0 Å². The summed E-state index contributed by atoms with van der Waals surface area (Å²) >= 11 is 11.5. The van der Waals surface area contributed by atoms with Gasteiger partial charge in [-0.05, 0) is 6.07 Å². The van der Waals surface area contributed by atoms with Gasteiger partial charge in [-0.3, -0.25) is 4.79 Å². The average Bonchev–Trinajstić information content (AvgIpc) is 2.09. The molecule has 0 spiro atoms. The number of fused-ring (bicyclic) bond motifs is 1. The molecular formula is C9H4Cl2O2. The minimum absolute atomic E-state index is 0.125. The van der Waals surface area contributed by atoms with E-state index < -0.39 is 0 Å². The zero-order valence-corrected chi connectivity index (χ0v) is 7.89. The van der Waals surface area contributed by atoms with E-state index >= 15 is 0 Å². The van der Waals surface area contributed by atoms with Crippen LogP contribution < -0.4 is 5.43 Å². The highest BCUT2D eigenvalue weighted by Crippen LogP contribution is 2.25. The highest BCUT2D eigenvalue weighted by Gasteiger charge is 2.04. The quantitative estimate of drug-likeness (QED) is 0.675. The Kier molecular flexibility index (Phi) is 2.02. The van der Waals surface area contributed by atoms with Crippen molar-refractivity contribution in [3.05, 3.63) is 44.7 Å². The van der Waals surface area contributed by atoms with Gasteiger partial charge in [0.15, 0.2) is 5.43 Å². The van der Waals surface area contributed by atoms with E-state index in [1.807, 2.05) is 0 Å². The molecule has 13 heavy (non-hydrogen) atoms. The van der Waals surface area contributed by atoms with E-state index in [0.717, 1.165) is 0 Å². The van der Waals surface area contributed by atoms with E-state index in [1.54, 1.807) is 0 Å². The lowest BCUT2D eigenvalue weighted by Crippen LogP contribution is -1.97. The van der Waals surface area contributed by atoms with Gasteiger partial charge < -0.3 is 4.42 Å². The van der Waals surface area contributed by atoms with Crippen LogP contribution in [0, 0.1) is 0 Å². The Bertz CT molecular complexity index is 516. The molecule has 0 aliphatic carbocycles. The lowest BCUT2D eigenvalue weighted by atomic mass is 10.2. The predicted octanol–water partition coefficient (Wildman–Crippen LogP) is 3.10. The summed E-state index contributed by atoms with van der Waals surface area (Å²) in [6.07, 6.45) is 1.33. The zero-order chi connectivity index (χ0) is 9.42. The van der Waals surface area contributed by atoms with Gasteiger partial charge in [-0.25, -0.2) is 0 Å². The third-order valence-electron chi connectivity index (χ3n) is 1.70. The van der Waals surface area contributed by atoms with Crippen molar-refractivity contribution in [2.24, 2.45) is 0 Å². The maximum atomic E-state index is 11.3. The van der Waals surface area contributed by atoms with E-state index in [9.17, 15) is 4.79 Å². The van der Waals surface area contributed by atoms with Crippen LogP contribution in [-0.4, -0.2) is 0 Å². The Morgan fingerprint density at radius 3 is 2.62 bits per heavy atom. The van der Waals surface area contributed by atoms with Gasteiger partial charge in [0.25, 0.3) is 0 Å². The smallest absolute Gasteiger partial charge is 0.192 e. The highest BCUT2D eigenvalue weighted by atomic mass is 35.5. The second kappa shape index (κ2) is 3.05. The van der Waals surface area contributed by atoms with Crippen LogP contribution in [0.15, 0.2) is 33.7 Å². The first-order valence-electron chi connectivity index (χ1n) is 3.55. The van der Waals surface area contributed by atoms with Crippen LogP contribution in [0.25, 0.3) is 11.0 Å². The third kappa shape index (κ3) is 1.43. The van der Waals surface area contributed by atoms with Crippen molar-refractivity contribution in [3.63, 3.8) is 0 Å². The molecule has 0 unspecified atom stereocenters. The largest absolute Gasteiger partial charge is 0.464 e. The molecule has 0 N–H and O–H groups in total. The summed E-state index contributed by atoms with van der Waals surface area (Å²) in [5, 5.41) is 1.17. The van der Waals surface area contributed by atoms with Crippen LogP contribution in [0.1, 0.15) is 0 Å². The minimum Gasteiger partial charge on any atom is -0.464 e. The van der Waals surface area contributed by atoms with Crippen LogP contribution in [0.4, 0.5) is 0 Å². The fraction of sp³-hybridized carbons (Fsp3) is 0. The Morgan fingerprint density at radius 1 is 1.15 bits per heavy atom. The van der Waals surface area contributed by atoms with Crippen LogP contribution in [-0.2, 0) is 0 Å². The molecule has 0 atom stereocenters. The van der Waals surface area contributed by atoms with Crippen LogP contribution >= 0.6 is 23.2 Å². The van der Waals surface area contributed by atoms with Crippen LogP contribution in [0.5, 0.6) is 0 Å². The predicted molar refractivity (Wildman–Crippen MR) is 52.5 cm³/mol. The molecule has 0 saturated carbocycles. The molecule has 0 bridgehead atoms. The number of halogens is 2. The van der Waals surface area contributed by atoms with Crippen molar-refractivity contribution in [2.75, 3.05) is 0 Å². The zero-order valence-electron chi connectivity index (χ0n) is 6.38. The van der Waals surface area contributed by atoms with Gasteiger partial charge in [-0.1, -0.05) is 23.2 Å². The summed E-state index contributed by atoms with van der Waals surface area (Å²) in [7, 11) is 0. The van der Waals surface area contributed by atoms with Gasteiger partial charge >= 0.3 is 0 Å². The van der Waals surface area contributed by atoms with Crippen molar-refractivity contribution in [2.45, 2.75) is 0 Å². The number of hydrogen-bond acceptors (Lipinski definition) is 2. The summed E-state index contributed by atoms with van der Waals surface area (Å²) in [5.41, 5.74) is 0.321. The summed E-state index contributed by atoms with van der Waals surface area (Å²) in [4.78, 5) is 11.3. The molecule has 2 nitrogen and oxygen atoms in total. The molecule has 2 rings (SSSR count). The fourth-order valence-corrected chi connectivity index (χ4v) is 1.39. The number of rotatable bonds is 0. The normalized spacial score (nSPS) is 10.6. The number of benzene rings is 1. The Hall–Kier alpha value is -0.990. The summed E-state index contributed by atoms with van der Waals surface area (Å²) in [6.45, 7) is 0.